The highest BCUT2D eigenvalue weighted by Crippen LogP contribution is 2.22. The molecule has 1 aromatic heterocycles. The number of nitrogens with one attached hydrogen (secondary N) is 1. The van der Waals surface area contributed by atoms with Gasteiger partial charge in [0.25, 0.3) is 0 Å². The number of hydrogen-bond donors (Lipinski definition) is 1. The predicted molar refractivity (Wildman–Crippen MR) is 92.2 cm³/mol. The highest BCUT2D eigenvalue weighted by Gasteiger charge is 2.22. The smallest absolute Gasteiger partial charge is 0.0594 e. The molecule has 0 spiro atoms. The van der Waals surface area contributed by atoms with E-state index in [0.29, 0.717) is 12.1 Å². The van der Waals surface area contributed by atoms with Crippen LogP contribution >= 0.6 is 0 Å². The van der Waals surface area contributed by atoms with Crippen molar-refractivity contribution in [2.45, 2.75) is 19.0 Å². The van der Waals surface area contributed by atoms with Crippen LogP contribution in [0.4, 0.5) is 0 Å². The average molecular weight is 311 g/mol. The van der Waals surface area contributed by atoms with Crippen molar-refractivity contribution in [1.82, 2.24) is 15.2 Å². The van der Waals surface area contributed by atoms with Crippen LogP contribution in [0.3, 0.4) is 0 Å². The molecule has 1 saturated heterocycles. The number of aromatic nitrogens is 1. The molecule has 1 aliphatic heterocycles. The largest absolute Gasteiger partial charge is 0.379 e. The van der Waals surface area contributed by atoms with Gasteiger partial charge in [-0.05, 0) is 30.2 Å². The predicted octanol–water partition coefficient (Wildman–Crippen LogP) is 2.81. The molecule has 2 atom stereocenters. The molecule has 122 valence electrons. The van der Waals surface area contributed by atoms with Gasteiger partial charge in [-0.15, -0.1) is 0 Å². The summed E-state index contributed by atoms with van der Waals surface area (Å²) in [5.41, 5.74) is 2.64. The third-order valence-corrected chi connectivity index (χ3v) is 4.49. The van der Waals surface area contributed by atoms with Gasteiger partial charge in [-0.25, -0.2) is 0 Å². The summed E-state index contributed by atoms with van der Waals surface area (Å²) in [5.74, 6) is 0. The Kier molecular flexibility index (Phi) is 5.75. The van der Waals surface area contributed by atoms with E-state index in [1.165, 1.54) is 11.1 Å². The number of benzene rings is 1. The molecule has 1 N–H and O–H groups in total. The highest BCUT2D eigenvalue weighted by molar-refractivity contribution is 5.20. The van der Waals surface area contributed by atoms with E-state index in [4.69, 9.17) is 4.74 Å². The maximum Gasteiger partial charge on any atom is 0.0594 e. The summed E-state index contributed by atoms with van der Waals surface area (Å²) < 4.78 is 5.51. The van der Waals surface area contributed by atoms with Crippen molar-refractivity contribution in [2.24, 2.45) is 0 Å². The molecule has 0 amide bonds. The molecule has 0 saturated carbocycles. The zero-order valence-corrected chi connectivity index (χ0v) is 13.7. The SMILES string of the molecule is C[C@H](NC[C@H](c1ccccc1)N1CCOCC1)c1ccncc1. The first-order valence-corrected chi connectivity index (χ1v) is 8.34. The van der Waals surface area contributed by atoms with E-state index < -0.39 is 0 Å². The molecule has 1 aromatic carbocycles. The van der Waals surface area contributed by atoms with E-state index in [1.807, 2.05) is 12.4 Å². The van der Waals surface area contributed by atoms with Crippen molar-refractivity contribution in [2.75, 3.05) is 32.8 Å². The molecule has 3 rings (SSSR count). The minimum Gasteiger partial charge on any atom is -0.379 e. The molecular weight excluding hydrogens is 286 g/mol. The average Bonchev–Trinajstić information content (AvgIpc) is 2.64. The van der Waals surface area contributed by atoms with Gasteiger partial charge >= 0.3 is 0 Å². The summed E-state index contributed by atoms with van der Waals surface area (Å²) >= 11 is 0. The lowest BCUT2D eigenvalue weighted by atomic mass is 10.0. The quantitative estimate of drug-likeness (QED) is 0.890. The van der Waals surface area contributed by atoms with Crippen molar-refractivity contribution in [3.05, 3.63) is 66.0 Å². The first-order valence-electron chi connectivity index (χ1n) is 8.34. The van der Waals surface area contributed by atoms with Crippen LogP contribution in [0.25, 0.3) is 0 Å². The van der Waals surface area contributed by atoms with Crippen LogP contribution in [-0.2, 0) is 4.74 Å². The molecule has 0 aliphatic carbocycles. The number of rotatable bonds is 6. The summed E-state index contributed by atoms with van der Waals surface area (Å²) in [6.07, 6.45) is 3.70. The van der Waals surface area contributed by atoms with Gasteiger partial charge < -0.3 is 10.1 Å². The Hall–Kier alpha value is -1.75. The number of ether oxygens (including phenoxy) is 1. The van der Waals surface area contributed by atoms with Gasteiger partial charge in [-0.1, -0.05) is 30.3 Å². The molecule has 2 heterocycles. The Morgan fingerprint density at radius 3 is 2.43 bits per heavy atom. The second kappa shape index (κ2) is 8.20. The van der Waals surface area contributed by atoms with Gasteiger partial charge in [0.15, 0.2) is 0 Å². The minimum atomic E-state index is 0.310. The Labute approximate surface area is 138 Å². The van der Waals surface area contributed by atoms with Gasteiger partial charge in [0.2, 0.25) is 0 Å². The standard InChI is InChI=1S/C19H25N3O/c1-16(17-7-9-20-10-8-17)21-15-19(18-5-3-2-4-6-18)22-11-13-23-14-12-22/h2-10,16,19,21H,11-15H2,1H3/t16-,19+/m0/s1. The van der Waals surface area contributed by atoms with Crippen molar-refractivity contribution in [3.63, 3.8) is 0 Å². The Morgan fingerprint density at radius 2 is 1.74 bits per heavy atom. The molecular formula is C19H25N3O. The van der Waals surface area contributed by atoms with Gasteiger partial charge in [0, 0.05) is 44.1 Å². The summed E-state index contributed by atoms with van der Waals surface area (Å²) in [6, 6.07) is 15.6. The van der Waals surface area contributed by atoms with Crippen LogP contribution < -0.4 is 5.32 Å². The molecule has 4 nitrogen and oxygen atoms in total. The second-order valence-corrected chi connectivity index (χ2v) is 5.99. The fourth-order valence-electron chi connectivity index (χ4n) is 3.08. The maximum absolute atomic E-state index is 5.51. The van der Waals surface area contributed by atoms with Gasteiger partial charge in [0.1, 0.15) is 0 Å². The zero-order chi connectivity index (χ0) is 15.9. The van der Waals surface area contributed by atoms with Crippen molar-refractivity contribution in [1.29, 1.82) is 0 Å². The monoisotopic (exact) mass is 311 g/mol. The molecule has 2 aromatic rings. The van der Waals surface area contributed by atoms with Crippen LogP contribution in [0.15, 0.2) is 54.9 Å². The Morgan fingerprint density at radius 1 is 1.04 bits per heavy atom. The van der Waals surface area contributed by atoms with Crippen LogP contribution in [0.2, 0.25) is 0 Å². The highest BCUT2D eigenvalue weighted by atomic mass is 16.5. The molecule has 23 heavy (non-hydrogen) atoms. The first kappa shape index (κ1) is 16.1. The van der Waals surface area contributed by atoms with Crippen molar-refractivity contribution < 1.29 is 4.74 Å². The third kappa shape index (κ3) is 4.38. The fourth-order valence-corrected chi connectivity index (χ4v) is 3.08. The van der Waals surface area contributed by atoms with Gasteiger partial charge in [-0.2, -0.15) is 0 Å². The number of nitrogens with zero attached hydrogens (tertiary/aromatic N) is 2. The van der Waals surface area contributed by atoms with E-state index in [1.54, 1.807) is 0 Å². The lowest BCUT2D eigenvalue weighted by molar-refractivity contribution is 0.0157. The first-order chi connectivity index (χ1) is 11.3. The van der Waals surface area contributed by atoms with Crippen LogP contribution in [-0.4, -0.2) is 42.7 Å². The van der Waals surface area contributed by atoms with E-state index >= 15 is 0 Å². The van der Waals surface area contributed by atoms with E-state index in [9.17, 15) is 0 Å². The number of pyridine rings is 1. The lowest BCUT2D eigenvalue weighted by Crippen LogP contribution is -2.43. The molecule has 1 aliphatic rings. The zero-order valence-electron chi connectivity index (χ0n) is 13.7. The topological polar surface area (TPSA) is 37.4 Å². The summed E-state index contributed by atoms with van der Waals surface area (Å²) in [5, 5.41) is 3.68. The summed E-state index contributed by atoms with van der Waals surface area (Å²) in [6.45, 7) is 6.76. The molecule has 0 unspecified atom stereocenters. The number of morpholine rings is 1. The van der Waals surface area contributed by atoms with Crippen LogP contribution in [0.5, 0.6) is 0 Å². The summed E-state index contributed by atoms with van der Waals surface area (Å²) in [7, 11) is 0. The lowest BCUT2D eigenvalue weighted by Gasteiger charge is -2.35. The van der Waals surface area contributed by atoms with Gasteiger partial charge in [0.05, 0.1) is 13.2 Å². The van der Waals surface area contributed by atoms with E-state index in [0.717, 1.165) is 32.8 Å². The fraction of sp³-hybridized carbons (Fsp3) is 0.421. The second-order valence-electron chi connectivity index (χ2n) is 5.99. The van der Waals surface area contributed by atoms with Crippen LogP contribution in [0.1, 0.15) is 30.1 Å². The minimum absolute atomic E-state index is 0.310. The van der Waals surface area contributed by atoms with Gasteiger partial charge in [-0.3, -0.25) is 9.88 Å². The molecule has 4 heteroatoms. The van der Waals surface area contributed by atoms with Crippen molar-refractivity contribution in [3.8, 4) is 0 Å². The van der Waals surface area contributed by atoms with E-state index in [-0.39, 0.29) is 0 Å². The van der Waals surface area contributed by atoms with E-state index in [2.05, 4.69) is 64.6 Å². The Bertz CT molecular complexity index is 570. The number of hydrogen-bond acceptors (Lipinski definition) is 4. The normalized spacial score (nSPS) is 18.5. The third-order valence-electron chi connectivity index (χ3n) is 4.49. The Balaban J connectivity index is 1.68. The summed E-state index contributed by atoms with van der Waals surface area (Å²) in [4.78, 5) is 6.61. The molecule has 0 bridgehead atoms. The van der Waals surface area contributed by atoms with Crippen LogP contribution in [0, 0.1) is 0 Å². The maximum atomic E-state index is 5.51. The molecule has 1 fully saturated rings. The molecule has 0 radical (unpaired) electrons. The van der Waals surface area contributed by atoms with Crippen molar-refractivity contribution >= 4 is 0 Å².